The predicted octanol–water partition coefficient (Wildman–Crippen LogP) is 1.49. The molecule has 1 heterocycles. The first-order chi connectivity index (χ1) is 7.96. The molecule has 0 aromatic heterocycles. The molecule has 100 valence electrons. The molecule has 6 nitrogen and oxygen atoms in total. The van der Waals surface area contributed by atoms with Crippen LogP contribution in [0.4, 0.5) is 0 Å². The summed E-state index contributed by atoms with van der Waals surface area (Å²) in [5.41, 5.74) is -4.13. The van der Waals surface area contributed by atoms with Crippen LogP contribution in [0.5, 0.6) is 0 Å². The smallest absolute Gasteiger partial charge is 0.316 e. The number of carboxylic acids is 1. The van der Waals surface area contributed by atoms with Gasteiger partial charge in [0.05, 0.1) is 6.54 Å². The molecule has 0 saturated heterocycles. The molecule has 0 radical (unpaired) electrons. The van der Waals surface area contributed by atoms with Crippen LogP contribution < -0.4 is 0 Å². The van der Waals surface area contributed by atoms with Crippen molar-refractivity contribution in [2.45, 2.75) is 40.2 Å². The van der Waals surface area contributed by atoms with Gasteiger partial charge in [0.1, 0.15) is 16.4 Å². The van der Waals surface area contributed by atoms with Crippen molar-refractivity contribution in [3.63, 3.8) is 0 Å². The van der Waals surface area contributed by atoms with E-state index in [2.05, 4.69) is 10.2 Å². The summed E-state index contributed by atoms with van der Waals surface area (Å²) in [7, 11) is 0. The van der Waals surface area contributed by atoms with Crippen LogP contribution >= 0.6 is 0 Å². The highest BCUT2D eigenvalue weighted by molar-refractivity contribution is 6.17. The van der Waals surface area contributed by atoms with E-state index < -0.39 is 28.1 Å². The average Bonchev–Trinajstić information content (AvgIpc) is 2.24. The summed E-state index contributed by atoms with van der Waals surface area (Å²) < 4.78 is 0. The molecule has 0 aliphatic carbocycles. The number of ketones is 2. The maximum atomic E-state index is 12.4. The van der Waals surface area contributed by atoms with Crippen LogP contribution in [0.2, 0.25) is 0 Å². The Bertz CT molecular complexity index is 451. The topological polar surface area (TPSA) is 96.2 Å². The molecule has 0 amide bonds. The number of hydrogen-bond donors (Lipinski definition) is 1. The van der Waals surface area contributed by atoms with Gasteiger partial charge in [0.25, 0.3) is 0 Å². The van der Waals surface area contributed by atoms with Crippen molar-refractivity contribution in [2.24, 2.45) is 21.1 Å². The highest BCUT2D eigenvalue weighted by Gasteiger charge is 2.56. The molecule has 1 rings (SSSR count). The Balaban J connectivity index is 3.25. The maximum absolute atomic E-state index is 12.4. The Hall–Kier alpha value is -1.59. The number of carbonyl (C=O) groups excluding carboxylic acids is 2. The quantitative estimate of drug-likeness (QED) is 0.771. The van der Waals surface area contributed by atoms with Gasteiger partial charge in [0.2, 0.25) is 0 Å². The number of carboxylic acid groups (broad SMARTS) is 1. The number of rotatable bonds is 3. The Morgan fingerprint density at radius 2 is 1.78 bits per heavy atom. The normalized spacial score (nSPS) is 27.1. The molecule has 1 aliphatic heterocycles. The number of nitrogens with zero attached hydrogens (tertiary/aromatic N) is 2. The highest BCUT2D eigenvalue weighted by Crippen LogP contribution is 2.38. The largest absolute Gasteiger partial charge is 0.481 e. The first kappa shape index (κ1) is 14.5. The number of hydrogen-bond acceptors (Lipinski definition) is 5. The van der Waals surface area contributed by atoms with Gasteiger partial charge in [0.15, 0.2) is 11.6 Å². The fourth-order valence-corrected chi connectivity index (χ4v) is 2.11. The molecule has 0 bridgehead atoms. The molecular weight excluding hydrogens is 236 g/mol. The van der Waals surface area contributed by atoms with Crippen LogP contribution in [-0.2, 0) is 14.4 Å². The van der Waals surface area contributed by atoms with E-state index in [1.165, 1.54) is 20.8 Å². The summed E-state index contributed by atoms with van der Waals surface area (Å²) in [6.45, 7) is 7.09. The summed E-state index contributed by atoms with van der Waals surface area (Å²) in [4.78, 5) is 35.8. The number of azo groups is 1. The van der Waals surface area contributed by atoms with E-state index >= 15 is 0 Å². The molecule has 1 unspecified atom stereocenters. The predicted molar refractivity (Wildman–Crippen MR) is 63.3 cm³/mol. The molecule has 18 heavy (non-hydrogen) atoms. The van der Waals surface area contributed by atoms with Crippen molar-refractivity contribution in [1.82, 2.24) is 0 Å². The lowest BCUT2D eigenvalue weighted by Gasteiger charge is -2.37. The first-order valence-electron chi connectivity index (χ1n) is 5.68. The minimum atomic E-state index is -1.62. The SMILES string of the molecule is CC1(C)N=NCC(C)(C(=O)C(C)(C)C(=O)O)C1=O. The molecule has 6 heteroatoms. The van der Waals surface area contributed by atoms with Crippen molar-refractivity contribution in [3.05, 3.63) is 0 Å². The van der Waals surface area contributed by atoms with Crippen LogP contribution in [0.1, 0.15) is 34.6 Å². The van der Waals surface area contributed by atoms with Crippen molar-refractivity contribution in [2.75, 3.05) is 6.54 Å². The molecule has 1 aliphatic rings. The van der Waals surface area contributed by atoms with Crippen LogP contribution in [0.3, 0.4) is 0 Å². The fourth-order valence-electron chi connectivity index (χ4n) is 2.11. The molecular formula is C12H18N2O4. The summed E-state index contributed by atoms with van der Waals surface area (Å²) in [6, 6.07) is 0. The van der Waals surface area contributed by atoms with Gasteiger partial charge in [-0.25, -0.2) is 0 Å². The lowest BCUT2D eigenvalue weighted by molar-refractivity contribution is -0.159. The molecule has 0 saturated carbocycles. The zero-order valence-corrected chi connectivity index (χ0v) is 11.3. The van der Waals surface area contributed by atoms with E-state index in [1.54, 1.807) is 13.8 Å². The Kier molecular flexibility index (Phi) is 3.19. The van der Waals surface area contributed by atoms with Gasteiger partial charge in [-0.15, -0.1) is 0 Å². The second kappa shape index (κ2) is 3.96. The van der Waals surface area contributed by atoms with Crippen LogP contribution in [0.25, 0.3) is 0 Å². The zero-order chi connectivity index (χ0) is 14.4. The minimum absolute atomic E-state index is 0.0925. The van der Waals surface area contributed by atoms with E-state index in [1.807, 2.05) is 0 Å². The van der Waals surface area contributed by atoms with Crippen molar-refractivity contribution >= 4 is 17.5 Å². The maximum Gasteiger partial charge on any atom is 0.316 e. The van der Waals surface area contributed by atoms with Gasteiger partial charge in [-0.1, -0.05) is 0 Å². The minimum Gasteiger partial charge on any atom is -0.481 e. The van der Waals surface area contributed by atoms with Gasteiger partial charge in [-0.3, -0.25) is 14.4 Å². The molecule has 0 spiro atoms. The highest BCUT2D eigenvalue weighted by atomic mass is 16.4. The fraction of sp³-hybridized carbons (Fsp3) is 0.750. The van der Waals surface area contributed by atoms with Gasteiger partial charge in [0, 0.05) is 0 Å². The van der Waals surface area contributed by atoms with E-state index in [4.69, 9.17) is 5.11 Å². The third kappa shape index (κ3) is 1.95. The van der Waals surface area contributed by atoms with Crippen molar-refractivity contribution in [3.8, 4) is 0 Å². The number of aliphatic carboxylic acids is 1. The third-order valence-corrected chi connectivity index (χ3v) is 3.37. The van der Waals surface area contributed by atoms with Crippen molar-refractivity contribution < 1.29 is 19.5 Å². The van der Waals surface area contributed by atoms with Crippen LogP contribution in [0.15, 0.2) is 10.2 Å². The Morgan fingerprint density at radius 3 is 2.22 bits per heavy atom. The lowest BCUT2D eigenvalue weighted by Crippen LogP contribution is -2.56. The van der Waals surface area contributed by atoms with E-state index in [0.717, 1.165) is 0 Å². The van der Waals surface area contributed by atoms with Crippen LogP contribution in [-0.4, -0.2) is 34.7 Å². The summed E-state index contributed by atoms with van der Waals surface area (Å²) >= 11 is 0. The van der Waals surface area contributed by atoms with E-state index in [9.17, 15) is 14.4 Å². The summed E-state index contributed by atoms with van der Waals surface area (Å²) in [5, 5.41) is 16.7. The molecule has 1 N–H and O–H groups in total. The Labute approximate surface area is 105 Å². The first-order valence-corrected chi connectivity index (χ1v) is 5.68. The summed E-state index contributed by atoms with van der Waals surface area (Å²) in [6.07, 6.45) is 0. The van der Waals surface area contributed by atoms with Gasteiger partial charge < -0.3 is 5.11 Å². The lowest BCUT2D eigenvalue weighted by atomic mass is 9.66. The van der Waals surface area contributed by atoms with Crippen molar-refractivity contribution in [1.29, 1.82) is 0 Å². The third-order valence-electron chi connectivity index (χ3n) is 3.37. The molecule has 1 atom stereocenters. The average molecular weight is 254 g/mol. The van der Waals surface area contributed by atoms with Gasteiger partial charge in [-0.05, 0) is 34.6 Å². The number of Topliss-reactive ketones (excluding diaryl/α,β-unsaturated/α-hetero) is 2. The zero-order valence-electron chi connectivity index (χ0n) is 11.3. The second-order valence-corrected chi connectivity index (χ2v) is 5.88. The second-order valence-electron chi connectivity index (χ2n) is 5.88. The van der Waals surface area contributed by atoms with E-state index in [0.29, 0.717) is 0 Å². The molecule has 0 aromatic rings. The standard InChI is InChI=1S/C12H18N2O4/c1-10(2,9(17)18)7(15)12(5)6-13-14-11(3,4)8(12)16/h6H2,1-5H3,(H,17,18). The van der Waals surface area contributed by atoms with Gasteiger partial charge in [-0.2, -0.15) is 10.2 Å². The molecule has 0 fully saturated rings. The van der Waals surface area contributed by atoms with E-state index in [-0.39, 0.29) is 12.3 Å². The van der Waals surface area contributed by atoms with Gasteiger partial charge >= 0.3 is 5.97 Å². The monoisotopic (exact) mass is 254 g/mol. The number of carbonyl (C=O) groups is 3. The molecule has 0 aromatic carbocycles. The summed E-state index contributed by atoms with van der Waals surface area (Å²) in [5.74, 6) is -2.26. The Morgan fingerprint density at radius 1 is 1.28 bits per heavy atom. The van der Waals surface area contributed by atoms with Crippen LogP contribution in [0, 0.1) is 10.8 Å².